The third-order valence-corrected chi connectivity index (χ3v) is 1.38. The van der Waals surface area contributed by atoms with Crippen molar-refractivity contribution in [3.8, 4) is 0 Å². The van der Waals surface area contributed by atoms with Crippen LogP contribution in [0.25, 0.3) is 0 Å². The monoisotopic (exact) mass is 144 g/mol. The molecule has 2 N–H and O–H groups in total. The number of thiazole rings is 1. The van der Waals surface area contributed by atoms with Crippen LogP contribution in [0.5, 0.6) is 0 Å². The summed E-state index contributed by atoms with van der Waals surface area (Å²) in [7, 11) is 0. The van der Waals surface area contributed by atoms with Crippen LogP contribution >= 0.6 is 11.3 Å². The first-order valence-electron chi connectivity index (χ1n) is 2.97. The molecule has 1 rings (SSSR count). The summed E-state index contributed by atoms with van der Waals surface area (Å²) in [6.07, 6.45) is 1.67. The van der Waals surface area contributed by atoms with Gasteiger partial charge in [-0.15, -0.1) is 11.3 Å². The zero-order valence-electron chi connectivity index (χ0n) is 6.01. The van der Waals surface area contributed by atoms with Crippen molar-refractivity contribution >= 4 is 16.3 Å². The third kappa shape index (κ3) is 3.08. The van der Waals surface area contributed by atoms with E-state index in [0.29, 0.717) is 0 Å². The molecule has 0 bridgehead atoms. The molecule has 0 aromatic carbocycles. The van der Waals surface area contributed by atoms with Gasteiger partial charge in [-0.05, 0) is 6.92 Å². The summed E-state index contributed by atoms with van der Waals surface area (Å²) in [5.41, 5.74) is 5.33. The van der Waals surface area contributed by atoms with E-state index in [0.717, 1.165) is 10.0 Å². The van der Waals surface area contributed by atoms with Crippen LogP contribution in [0, 0.1) is 6.92 Å². The van der Waals surface area contributed by atoms with Gasteiger partial charge in [0.1, 0.15) is 5.00 Å². The zero-order valence-corrected chi connectivity index (χ0v) is 6.83. The van der Waals surface area contributed by atoms with Gasteiger partial charge >= 0.3 is 0 Å². The van der Waals surface area contributed by atoms with Gasteiger partial charge in [-0.1, -0.05) is 13.8 Å². The van der Waals surface area contributed by atoms with Crippen LogP contribution < -0.4 is 5.73 Å². The average Bonchev–Trinajstić information content (AvgIpc) is 2.20. The first kappa shape index (κ1) is 8.43. The highest BCUT2D eigenvalue weighted by Gasteiger charge is 1.86. The van der Waals surface area contributed by atoms with Gasteiger partial charge in [0.05, 0.1) is 11.2 Å². The third-order valence-electron chi connectivity index (χ3n) is 0.639. The van der Waals surface area contributed by atoms with Gasteiger partial charge in [0, 0.05) is 0 Å². The van der Waals surface area contributed by atoms with Gasteiger partial charge in [0.2, 0.25) is 0 Å². The summed E-state index contributed by atoms with van der Waals surface area (Å²) in [4.78, 5) is 3.91. The van der Waals surface area contributed by atoms with Gasteiger partial charge < -0.3 is 5.73 Å². The zero-order chi connectivity index (χ0) is 7.28. The summed E-state index contributed by atoms with van der Waals surface area (Å²) >= 11 is 1.51. The number of rotatable bonds is 0. The lowest BCUT2D eigenvalue weighted by Crippen LogP contribution is -1.73. The molecule has 0 saturated carbocycles. The Kier molecular flexibility index (Phi) is 4.05. The predicted octanol–water partition coefficient (Wildman–Crippen LogP) is 2.06. The number of anilines is 1. The lowest BCUT2D eigenvalue weighted by molar-refractivity contribution is 1.30. The van der Waals surface area contributed by atoms with E-state index in [-0.39, 0.29) is 0 Å². The minimum absolute atomic E-state index is 0.789. The molecule has 0 unspecified atom stereocenters. The Morgan fingerprint density at radius 1 is 1.56 bits per heavy atom. The van der Waals surface area contributed by atoms with Crippen LogP contribution in [0.4, 0.5) is 5.00 Å². The Morgan fingerprint density at radius 3 is 2.22 bits per heavy atom. The molecule has 0 amide bonds. The number of hydrogen-bond donors (Lipinski definition) is 1. The van der Waals surface area contributed by atoms with Crippen LogP contribution in [-0.2, 0) is 0 Å². The largest absolute Gasteiger partial charge is 0.389 e. The first-order valence-corrected chi connectivity index (χ1v) is 3.78. The Bertz CT molecular complexity index is 143. The standard InChI is InChI=1S/C4H6N2S.C2H6/c1-3-6-2-4(5)7-3;1-2/h2H,5H2,1H3;1-2H3. The number of nitrogen functional groups attached to an aromatic ring is 1. The van der Waals surface area contributed by atoms with Crippen molar-refractivity contribution in [2.24, 2.45) is 0 Å². The number of aromatic nitrogens is 1. The second-order valence-corrected chi connectivity index (χ2v) is 2.55. The fourth-order valence-electron chi connectivity index (χ4n) is 0.378. The molecule has 0 aliphatic rings. The van der Waals surface area contributed by atoms with Gasteiger partial charge in [-0.2, -0.15) is 0 Å². The van der Waals surface area contributed by atoms with E-state index >= 15 is 0 Å². The van der Waals surface area contributed by atoms with Crippen molar-refractivity contribution < 1.29 is 0 Å². The van der Waals surface area contributed by atoms with E-state index in [1.165, 1.54) is 11.3 Å². The number of aryl methyl sites for hydroxylation is 1. The molecular weight excluding hydrogens is 132 g/mol. The molecule has 9 heavy (non-hydrogen) atoms. The molecule has 0 atom stereocenters. The Morgan fingerprint density at radius 2 is 2.11 bits per heavy atom. The van der Waals surface area contributed by atoms with Crippen molar-refractivity contribution in [1.29, 1.82) is 0 Å². The molecule has 1 aromatic heterocycles. The summed E-state index contributed by atoms with van der Waals surface area (Å²) < 4.78 is 0. The van der Waals surface area contributed by atoms with Crippen molar-refractivity contribution in [2.45, 2.75) is 20.8 Å². The molecule has 3 heteroatoms. The maximum Gasteiger partial charge on any atom is 0.106 e. The highest BCUT2D eigenvalue weighted by atomic mass is 32.1. The molecule has 52 valence electrons. The van der Waals surface area contributed by atoms with Crippen LogP contribution in [0.3, 0.4) is 0 Å². The Labute approximate surface area is 59.7 Å². The van der Waals surface area contributed by atoms with Crippen LogP contribution in [0.1, 0.15) is 18.9 Å². The fourth-order valence-corrected chi connectivity index (χ4v) is 0.930. The van der Waals surface area contributed by atoms with Crippen molar-refractivity contribution in [1.82, 2.24) is 4.98 Å². The lowest BCUT2D eigenvalue weighted by Gasteiger charge is -1.70. The Hall–Kier alpha value is -0.570. The maximum atomic E-state index is 5.33. The second-order valence-electron chi connectivity index (χ2n) is 1.28. The van der Waals surface area contributed by atoms with Gasteiger partial charge in [0.25, 0.3) is 0 Å². The molecule has 0 aliphatic heterocycles. The normalized spacial score (nSPS) is 7.89. The van der Waals surface area contributed by atoms with E-state index in [4.69, 9.17) is 5.73 Å². The summed E-state index contributed by atoms with van der Waals surface area (Å²) in [5.74, 6) is 0. The van der Waals surface area contributed by atoms with Crippen molar-refractivity contribution in [3.05, 3.63) is 11.2 Å². The second kappa shape index (κ2) is 4.32. The van der Waals surface area contributed by atoms with Crippen LogP contribution in [-0.4, -0.2) is 4.98 Å². The van der Waals surface area contributed by atoms with E-state index in [1.54, 1.807) is 6.20 Å². The smallest absolute Gasteiger partial charge is 0.106 e. The minimum atomic E-state index is 0.789. The molecule has 0 saturated heterocycles. The van der Waals surface area contributed by atoms with E-state index < -0.39 is 0 Å². The number of nitrogens with two attached hydrogens (primary N) is 1. The SMILES string of the molecule is CC.Cc1ncc(N)s1. The quantitative estimate of drug-likeness (QED) is 0.605. The summed E-state index contributed by atoms with van der Waals surface area (Å²) in [6, 6.07) is 0. The molecule has 1 heterocycles. The lowest BCUT2D eigenvalue weighted by atomic mass is 10.8. The van der Waals surface area contributed by atoms with Gasteiger partial charge in [-0.3, -0.25) is 0 Å². The average molecular weight is 144 g/mol. The Balaban J connectivity index is 0.000000291. The number of nitrogens with zero attached hydrogens (tertiary/aromatic N) is 1. The van der Waals surface area contributed by atoms with Crippen molar-refractivity contribution in [2.75, 3.05) is 5.73 Å². The maximum absolute atomic E-state index is 5.33. The molecule has 1 aromatic rings. The highest BCUT2D eigenvalue weighted by molar-refractivity contribution is 7.15. The summed E-state index contributed by atoms with van der Waals surface area (Å²) in [5, 5.41) is 1.81. The van der Waals surface area contributed by atoms with Crippen LogP contribution in [0.2, 0.25) is 0 Å². The fraction of sp³-hybridized carbons (Fsp3) is 0.500. The van der Waals surface area contributed by atoms with Gasteiger partial charge in [-0.25, -0.2) is 4.98 Å². The predicted molar refractivity (Wildman–Crippen MR) is 42.6 cm³/mol. The van der Waals surface area contributed by atoms with E-state index in [9.17, 15) is 0 Å². The van der Waals surface area contributed by atoms with Gasteiger partial charge in [0.15, 0.2) is 0 Å². The molecule has 2 nitrogen and oxygen atoms in total. The first-order chi connectivity index (χ1) is 4.29. The van der Waals surface area contributed by atoms with Crippen LogP contribution in [0.15, 0.2) is 6.20 Å². The van der Waals surface area contributed by atoms with Crippen molar-refractivity contribution in [3.63, 3.8) is 0 Å². The molecule has 0 spiro atoms. The molecule has 0 fully saturated rings. The summed E-state index contributed by atoms with van der Waals surface area (Å²) in [6.45, 7) is 5.93. The molecule has 0 radical (unpaired) electrons. The molecular formula is C6H12N2S. The highest BCUT2D eigenvalue weighted by Crippen LogP contribution is 2.11. The van der Waals surface area contributed by atoms with E-state index in [1.807, 2.05) is 20.8 Å². The van der Waals surface area contributed by atoms with E-state index in [2.05, 4.69) is 4.98 Å². The number of hydrogen-bond acceptors (Lipinski definition) is 3. The topological polar surface area (TPSA) is 38.9 Å². The minimum Gasteiger partial charge on any atom is -0.389 e. The molecule has 0 aliphatic carbocycles.